The van der Waals surface area contributed by atoms with Crippen LogP contribution in [-0.2, 0) is 11.3 Å². The fourth-order valence-electron chi connectivity index (χ4n) is 1.46. The van der Waals surface area contributed by atoms with Gasteiger partial charge >= 0.3 is 12.0 Å². The highest BCUT2D eigenvalue weighted by atomic mass is 16.4. The number of pyridine rings is 1. The van der Waals surface area contributed by atoms with Crippen molar-refractivity contribution in [2.45, 2.75) is 19.5 Å². The van der Waals surface area contributed by atoms with E-state index in [2.05, 4.69) is 10.3 Å². The van der Waals surface area contributed by atoms with E-state index >= 15 is 0 Å². The molecule has 0 saturated carbocycles. The van der Waals surface area contributed by atoms with Crippen molar-refractivity contribution in [1.82, 2.24) is 15.2 Å². The van der Waals surface area contributed by atoms with Gasteiger partial charge in [0, 0.05) is 25.5 Å². The van der Waals surface area contributed by atoms with E-state index < -0.39 is 24.6 Å². The van der Waals surface area contributed by atoms with Gasteiger partial charge in [-0.1, -0.05) is 0 Å². The summed E-state index contributed by atoms with van der Waals surface area (Å²) in [4.78, 5) is 27.9. The molecule has 0 fully saturated rings. The molecular weight excluding hydrogens is 250 g/mol. The van der Waals surface area contributed by atoms with Crippen molar-refractivity contribution in [3.8, 4) is 0 Å². The fourth-order valence-corrected chi connectivity index (χ4v) is 1.46. The highest BCUT2D eigenvalue weighted by Crippen LogP contribution is 2.03. The highest BCUT2D eigenvalue weighted by molar-refractivity contribution is 5.82. The Labute approximate surface area is 110 Å². The van der Waals surface area contributed by atoms with Crippen LogP contribution in [0.5, 0.6) is 0 Å². The number of carboxylic acid groups (broad SMARTS) is 1. The number of nitrogens with one attached hydrogen (secondary N) is 1. The molecule has 7 nitrogen and oxygen atoms in total. The van der Waals surface area contributed by atoms with E-state index in [-0.39, 0.29) is 0 Å². The van der Waals surface area contributed by atoms with Crippen molar-refractivity contribution in [3.05, 3.63) is 30.1 Å². The third-order valence-electron chi connectivity index (χ3n) is 2.57. The van der Waals surface area contributed by atoms with Crippen LogP contribution in [0.4, 0.5) is 4.79 Å². The lowest BCUT2D eigenvalue weighted by Crippen LogP contribution is -2.49. The molecule has 3 N–H and O–H groups in total. The Hall–Kier alpha value is -2.15. The topological polar surface area (TPSA) is 103 Å². The molecule has 1 heterocycles. The zero-order valence-electron chi connectivity index (χ0n) is 10.6. The lowest BCUT2D eigenvalue weighted by atomic mass is 10.2. The number of carbonyl (C=O) groups is 2. The molecule has 7 heteroatoms. The van der Waals surface area contributed by atoms with Gasteiger partial charge in [-0.05, 0) is 24.6 Å². The van der Waals surface area contributed by atoms with Crippen molar-refractivity contribution in [2.75, 3.05) is 13.2 Å². The number of hydrogen-bond donors (Lipinski definition) is 3. The first-order valence-corrected chi connectivity index (χ1v) is 5.86. The number of carboxylic acids is 1. The smallest absolute Gasteiger partial charge is 0.328 e. The number of amides is 2. The molecule has 19 heavy (non-hydrogen) atoms. The Bertz CT molecular complexity index is 424. The second kappa shape index (κ2) is 7.32. The maximum atomic E-state index is 11.9. The fraction of sp³-hybridized carbons (Fsp3) is 0.417. The van der Waals surface area contributed by atoms with Crippen molar-refractivity contribution >= 4 is 12.0 Å². The first kappa shape index (κ1) is 14.9. The van der Waals surface area contributed by atoms with Crippen LogP contribution in [0.2, 0.25) is 0 Å². The molecule has 0 bridgehead atoms. The normalized spacial score (nSPS) is 11.7. The van der Waals surface area contributed by atoms with E-state index in [0.717, 1.165) is 5.56 Å². The molecule has 1 atom stereocenters. The molecule has 1 rings (SSSR count). The number of rotatable bonds is 6. The number of nitrogens with zero attached hydrogens (tertiary/aromatic N) is 2. The van der Waals surface area contributed by atoms with Crippen molar-refractivity contribution in [3.63, 3.8) is 0 Å². The number of aliphatic hydroxyl groups is 1. The van der Waals surface area contributed by atoms with Crippen LogP contribution in [0.25, 0.3) is 0 Å². The summed E-state index contributed by atoms with van der Waals surface area (Å²) in [5, 5.41) is 19.9. The van der Waals surface area contributed by atoms with Crippen molar-refractivity contribution in [1.29, 1.82) is 0 Å². The van der Waals surface area contributed by atoms with E-state index in [9.17, 15) is 9.59 Å². The number of aliphatic hydroxyl groups excluding tert-OH is 1. The molecule has 0 radical (unpaired) electrons. The summed E-state index contributed by atoms with van der Waals surface area (Å²) in [6.07, 6.45) is 3.24. The Morgan fingerprint density at radius 1 is 1.42 bits per heavy atom. The maximum Gasteiger partial charge on any atom is 0.328 e. The predicted octanol–water partition coefficient (Wildman–Crippen LogP) is 0.0586. The monoisotopic (exact) mass is 267 g/mol. The average Bonchev–Trinajstić information content (AvgIpc) is 2.42. The Morgan fingerprint density at radius 2 is 2.05 bits per heavy atom. The third kappa shape index (κ3) is 4.55. The van der Waals surface area contributed by atoms with Gasteiger partial charge in [0.2, 0.25) is 0 Å². The highest BCUT2D eigenvalue weighted by Gasteiger charge is 2.21. The largest absolute Gasteiger partial charge is 0.480 e. The summed E-state index contributed by atoms with van der Waals surface area (Å²) >= 11 is 0. The van der Waals surface area contributed by atoms with Crippen LogP contribution in [0.3, 0.4) is 0 Å². The van der Waals surface area contributed by atoms with Gasteiger partial charge in [-0.2, -0.15) is 0 Å². The molecule has 0 aliphatic rings. The first-order chi connectivity index (χ1) is 9.08. The summed E-state index contributed by atoms with van der Waals surface area (Å²) in [7, 11) is 0. The minimum absolute atomic E-state index is 0.350. The van der Waals surface area contributed by atoms with E-state index in [4.69, 9.17) is 10.2 Å². The third-order valence-corrected chi connectivity index (χ3v) is 2.57. The molecule has 1 aromatic heterocycles. The number of carbonyl (C=O) groups excluding carboxylic acids is 1. The van der Waals surface area contributed by atoms with Gasteiger partial charge in [0.1, 0.15) is 0 Å². The summed E-state index contributed by atoms with van der Waals surface area (Å²) in [5.41, 5.74) is 0.892. The van der Waals surface area contributed by atoms with E-state index in [1.807, 2.05) is 0 Å². The van der Waals surface area contributed by atoms with Crippen molar-refractivity contribution < 1.29 is 19.8 Å². The SMILES string of the molecule is CCN(Cc1ccncc1)C(=O)NC(CO)C(=O)O. The number of hydrogen-bond acceptors (Lipinski definition) is 4. The van der Waals surface area contributed by atoms with Gasteiger partial charge in [-0.3, -0.25) is 4.98 Å². The van der Waals surface area contributed by atoms with Crippen LogP contribution >= 0.6 is 0 Å². The minimum atomic E-state index is -1.29. The molecule has 0 aromatic carbocycles. The second-order valence-electron chi connectivity index (χ2n) is 3.89. The Morgan fingerprint density at radius 3 is 2.53 bits per heavy atom. The maximum absolute atomic E-state index is 11.9. The van der Waals surface area contributed by atoms with E-state index in [0.29, 0.717) is 13.1 Å². The zero-order chi connectivity index (χ0) is 14.3. The van der Waals surface area contributed by atoms with Crippen LogP contribution in [0, 0.1) is 0 Å². The van der Waals surface area contributed by atoms with Crippen molar-refractivity contribution in [2.24, 2.45) is 0 Å². The molecule has 1 unspecified atom stereocenters. The van der Waals surface area contributed by atoms with Crippen LogP contribution in [-0.4, -0.2) is 51.3 Å². The number of urea groups is 1. The second-order valence-corrected chi connectivity index (χ2v) is 3.89. The molecule has 1 aromatic rings. The van der Waals surface area contributed by atoms with Gasteiger partial charge in [0.05, 0.1) is 6.61 Å². The average molecular weight is 267 g/mol. The summed E-state index contributed by atoms with van der Waals surface area (Å²) < 4.78 is 0. The summed E-state index contributed by atoms with van der Waals surface area (Å²) in [5.74, 6) is -1.27. The van der Waals surface area contributed by atoms with Gasteiger partial charge in [-0.25, -0.2) is 9.59 Å². The van der Waals surface area contributed by atoms with Gasteiger partial charge in [0.15, 0.2) is 6.04 Å². The Kier molecular flexibility index (Phi) is 5.74. The lowest BCUT2D eigenvalue weighted by molar-refractivity contribution is -0.140. The first-order valence-electron chi connectivity index (χ1n) is 5.86. The van der Waals surface area contributed by atoms with Crippen LogP contribution < -0.4 is 5.32 Å². The zero-order valence-corrected chi connectivity index (χ0v) is 10.6. The predicted molar refractivity (Wildman–Crippen MR) is 67.4 cm³/mol. The van der Waals surface area contributed by atoms with Gasteiger partial charge < -0.3 is 20.4 Å². The van der Waals surface area contributed by atoms with E-state index in [1.165, 1.54) is 4.90 Å². The number of aliphatic carboxylic acids is 1. The molecular formula is C12H17N3O4. The standard InChI is InChI=1S/C12H17N3O4/c1-2-15(7-9-3-5-13-6-4-9)12(19)14-10(8-16)11(17)18/h3-6,10,16H,2,7-8H2,1H3,(H,14,19)(H,17,18). The van der Waals surface area contributed by atoms with Crippen LogP contribution in [0.15, 0.2) is 24.5 Å². The quantitative estimate of drug-likeness (QED) is 0.676. The molecule has 0 saturated heterocycles. The summed E-state index contributed by atoms with van der Waals surface area (Å²) in [6, 6.07) is 1.73. The lowest BCUT2D eigenvalue weighted by Gasteiger charge is -2.23. The summed E-state index contributed by atoms with van der Waals surface area (Å²) in [6.45, 7) is 1.91. The van der Waals surface area contributed by atoms with Crippen LogP contribution in [0.1, 0.15) is 12.5 Å². The molecule has 0 aliphatic carbocycles. The number of aromatic nitrogens is 1. The Balaban J connectivity index is 2.64. The van der Waals surface area contributed by atoms with Gasteiger partial charge in [0.25, 0.3) is 0 Å². The molecule has 0 aliphatic heterocycles. The molecule has 0 spiro atoms. The molecule has 2 amide bonds. The van der Waals surface area contributed by atoms with Gasteiger partial charge in [-0.15, -0.1) is 0 Å². The molecule has 104 valence electrons. The minimum Gasteiger partial charge on any atom is -0.480 e. The van der Waals surface area contributed by atoms with E-state index in [1.54, 1.807) is 31.5 Å².